The normalized spacial score (nSPS) is 11.6. The lowest BCUT2D eigenvalue weighted by Crippen LogP contribution is -1.99. The van der Waals surface area contributed by atoms with Crippen molar-refractivity contribution < 1.29 is 0 Å². The summed E-state index contributed by atoms with van der Waals surface area (Å²) in [4.78, 5) is 19.0. The monoisotopic (exact) mass is 564 g/mol. The standard InChI is InChI=1S/C38H24N6/c1-3-11-33-27(7-1)29-23-39-21-19-35(29)43(33)37-13-5-9-31(41-37)25-15-17-26(18-16-25)32-10-6-14-38(42-32)44-34-12-4-2-8-28(34)30-24-40-22-20-36(30)44/h1-24H. The van der Waals surface area contributed by atoms with Gasteiger partial charge in [-0.15, -0.1) is 0 Å². The molecule has 6 nitrogen and oxygen atoms in total. The molecule has 6 heterocycles. The molecule has 0 aliphatic rings. The van der Waals surface area contributed by atoms with Crippen molar-refractivity contribution in [1.29, 1.82) is 0 Å². The van der Waals surface area contributed by atoms with E-state index in [1.807, 2.05) is 24.8 Å². The van der Waals surface area contributed by atoms with E-state index >= 15 is 0 Å². The highest BCUT2D eigenvalue weighted by molar-refractivity contribution is 6.09. The Bertz CT molecular complexity index is 2220. The van der Waals surface area contributed by atoms with E-state index in [0.29, 0.717) is 0 Å². The van der Waals surface area contributed by atoms with Crippen LogP contribution in [0.25, 0.3) is 77.8 Å². The number of benzene rings is 3. The molecule has 0 N–H and O–H groups in total. The zero-order valence-corrected chi connectivity index (χ0v) is 23.5. The first-order chi connectivity index (χ1) is 21.8. The molecule has 6 aromatic heterocycles. The molecule has 0 radical (unpaired) electrons. The van der Waals surface area contributed by atoms with Crippen LogP contribution in [0.2, 0.25) is 0 Å². The Morgan fingerprint density at radius 1 is 0.364 bits per heavy atom. The fraction of sp³-hybridized carbons (Fsp3) is 0. The number of nitrogens with zero attached hydrogens (tertiary/aromatic N) is 6. The smallest absolute Gasteiger partial charge is 0.138 e. The summed E-state index contributed by atoms with van der Waals surface area (Å²) in [6.45, 7) is 0. The Morgan fingerprint density at radius 2 is 0.795 bits per heavy atom. The Morgan fingerprint density at radius 3 is 1.27 bits per heavy atom. The van der Waals surface area contributed by atoms with Crippen LogP contribution in [0.4, 0.5) is 0 Å². The number of fused-ring (bicyclic) bond motifs is 6. The Kier molecular flexibility index (Phi) is 5.40. The number of pyridine rings is 4. The maximum absolute atomic E-state index is 5.11. The summed E-state index contributed by atoms with van der Waals surface area (Å²) in [5.74, 6) is 1.75. The summed E-state index contributed by atoms with van der Waals surface area (Å²) in [6, 6.07) is 41.8. The highest BCUT2D eigenvalue weighted by atomic mass is 15.1. The van der Waals surface area contributed by atoms with Crippen molar-refractivity contribution in [3.05, 3.63) is 146 Å². The molecule has 0 spiro atoms. The molecular formula is C38H24N6. The predicted octanol–water partition coefficient (Wildman–Crippen LogP) is 8.79. The number of hydrogen-bond acceptors (Lipinski definition) is 4. The second-order valence-corrected chi connectivity index (χ2v) is 10.8. The van der Waals surface area contributed by atoms with Crippen molar-refractivity contribution in [2.75, 3.05) is 0 Å². The van der Waals surface area contributed by atoms with Crippen LogP contribution in [0.3, 0.4) is 0 Å². The predicted molar refractivity (Wildman–Crippen MR) is 177 cm³/mol. The molecule has 0 saturated carbocycles. The van der Waals surface area contributed by atoms with E-state index in [9.17, 15) is 0 Å². The fourth-order valence-electron chi connectivity index (χ4n) is 6.35. The van der Waals surface area contributed by atoms with Gasteiger partial charge in [0, 0.05) is 57.5 Å². The van der Waals surface area contributed by atoms with Gasteiger partial charge in [-0.1, -0.05) is 72.8 Å². The number of hydrogen-bond donors (Lipinski definition) is 0. The summed E-state index contributed by atoms with van der Waals surface area (Å²) in [5.41, 5.74) is 8.32. The largest absolute Gasteiger partial charge is 0.294 e. The van der Waals surface area contributed by atoms with Gasteiger partial charge in [0.15, 0.2) is 0 Å². The molecule has 0 unspecified atom stereocenters. The molecule has 9 rings (SSSR count). The summed E-state index contributed by atoms with van der Waals surface area (Å²) in [5, 5.41) is 4.57. The second kappa shape index (κ2) is 9.71. The van der Waals surface area contributed by atoms with Crippen LogP contribution < -0.4 is 0 Å². The van der Waals surface area contributed by atoms with E-state index in [-0.39, 0.29) is 0 Å². The highest BCUT2D eigenvalue weighted by Crippen LogP contribution is 2.33. The summed E-state index contributed by atoms with van der Waals surface area (Å²) < 4.78 is 4.43. The topological polar surface area (TPSA) is 61.4 Å². The molecule has 0 aliphatic heterocycles. The minimum Gasteiger partial charge on any atom is -0.294 e. The van der Waals surface area contributed by atoms with Crippen LogP contribution in [0, 0.1) is 0 Å². The van der Waals surface area contributed by atoms with E-state index < -0.39 is 0 Å². The second-order valence-electron chi connectivity index (χ2n) is 10.8. The lowest BCUT2D eigenvalue weighted by Gasteiger charge is -2.11. The van der Waals surface area contributed by atoms with Gasteiger partial charge in [-0.05, 0) is 48.5 Å². The van der Waals surface area contributed by atoms with Crippen molar-refractivity contribution in [1.82, 2.24) is 29.1 Å². The number of rotatable bonds is 4. The minimum absolute atomic E-state index is 0.875. The molecule has 0 saturated heterocycles. The van der Waals surface area contributed by atoms with Crippen LogP contribution in [-0.2, 0) is 0 Å². The third-order valence-corrected chi connectivity index (χ3v) is 8.35. The Hall–Kier alpha value is -6.14. The SMILES string of the molecule is c1cc(-c2ccc(-c3cccc(-n4c5ccccc5c5cnccc54)n3)cc2)nc(-n2c3ccccc3c3cnccc32)c1. The third-order valence-electron chi connectivity index (χ3n) is 8.35. The van der Waals surface area contributed by atoms with Crippen molar-refractivity contribution in [2.24, 2.45) is 0 Å². The van der Waals surface area contributed by atoms with Gasteiger partial charge in [0.2, 0.25) is 0 Å². The first-order valence-corrected chi connectivity index (χ1v) is 14.6. The van der Waals surface area contributed by atoms with Gasteiger partial charge in [-0.25, -0.2) is 9.97 Å². The van der Waals surface area contributed by atoms with Gasteiger partial charge in [0.05, 0.1) is 33.5 Å². The molecule has 0 fully saturated rings. The lowest BCUT2D eigenvalue weighted by atomic mass is 10.1. The Balaban J connectivity index is 1.10. The summed E-state index contributed by atoms with van der Waals surface area (Å²) >= 11 is 0. The van der Waals surface area contributed by atoms with Crippen molar-refractivity contribution in [3.8, 4) is 34.2 Å². The van der Waals surface area contributed by atoms with Crippen molar-refractivity contribution in [3.63, 3.8) is 0 Å². The maximum atomic E-state index is 5.11. The molecule has 206 valence electrons. The Labute approximate surface area is 252 Å². The van der Waals surface area contributed by atoms with Crippen LogP contribution >= 0.6 is 0 Å². The van der Waals surface area contributed by atoms with E-state index in [1.54, 1.807) is 0 Å². The third kappa shape index (κ3) is 3.75. The fourth-order valence-corrected chi connectivity index (χ4v) is 6.35. The van der Waals surface area contributed by atoms with E-state index in [1.165, 1.54) is 10.8 Å². The molecule has 0 bridgehead atoms. The van der Waals surface area contributed by atoms with Gasteiger partial charge in [-0.3, -0.25) is 19.1 Å². The molecule has 6 heteroatoms. The van der Waals surface area contributed by atoms with Gasteiger partial charge < -0.3 is 0 Å². The van der Waals surface area contributed by atoms with Crippen molar-refractivity contribution in [2.45, 2.75) is 0 Å². The van der Waals surface area contributed by atoms with Crippen LogP contribution in [0.5, 0.6) is 0 Å². The summed E-state index contributed by atoms with van der Waals surface area (Å²) in [6.07, 6.45) is 7.53. The zero-order chi connectivity index (χ0) is 29.0. The van der Waals surface area contributed by atoms with Gasteiger partial charge in [0.1, 0.15) is 11.6 Å². The van der Waals surface area contributed by atoms with Crippen molar-refractivity contribution >= 4 is 43.6 Å². The molecular weight excluding hydrogens is 540 g/mol. The molecule has 3 aromatic carbocycles. The molecule has 0 atom stereocenters. The molecule has 0 aliphatic carbocycles. The van der Waals surface area contributed by atoms with Gasteiger partial charge >= 0.3 is 0 Å². The first kappa shape index (κ1) is 24.5. The van der Waals surface area contributed by atoms with Gasteiger partial charge in [-0.2, -0.15) is 0 Å². The van der Waals surface area contributed by atoms with Crippen LogP contribution in [0.1, 0.15) is 0 Å². The van der Waals surface area contributed by atoms with Gasteiger partial charge in [0.25, 0.3) is 0 Å². The zero-order valence-electron chi connectivity index (χ0n) is 23.5. The first-order valence-electron chi connectivity index (χ1n) is 14.6. The minimum atomic E-state index is 0.875. The molecule has 44 heavy (non-hydrogen) atoms. The number of aromatic nitrogens is 6. The van der Waals surface area contributed by atoms with E-state index in [2.05, 4.69) is 140 Å². The van der Waals surface area contributed by atoms with Crippen LogP contribution in [-0.4, -0.2) is 29.1 Å². The summed E-state index contributed by atoms with van der Waals surface area (Å²) in [7, 11) is 0. The molecule has 0 amide bonds. The number of para-hydroxylation sites is 2. The quantitative estimate of drug-likeness (QED) is 0.214. The van der Waals surface area contributed by atoms with E-state index in [0.717, 1.165) is 67.0 Å². The maximum Gasteiger partial charge on any atom is 0.138 e. The molecule has 9 aromatic rings. The average Bonchev–Trinajstić information content (AvgIpc) is 3.62. The lowest BCUT2D eigenvalue weighted by molar-refractivity contribution is 1.08. The van der Waals surface area contributed by atoms with E-state index in [4.69, 9.17) is 9.97 Å². The van der Waals surface area contributed by atoms with Crippen LogP contribution in [0.15, 0.2) is 146 Å². The highest BCUT2D eigenvalue weighted by Gasteiger charge is 2.15. The average molecular weight is 565 g/mol.